The predicted octanol–water partition coefficient (Wildman–Crippen LogP) is 3.72. The average Bonchev–Trinajstić information content (AvgIpc) is 3.25. The summed E-state index contributed by atoms with van der Waals surface area (Å²) in [5.41, 5.74) is 2.97. The first-order valence-electron chi connectivity index (χ1n) is 8.17. The third-order valence-electron chi connectivity index (χ3n) is 4.46. The zero-order chi connectivity index (χ0) is 17.2. The normalized spacial score (nSPS) is 18.8. The van der Waals surface area contributed by atoms with E-state index in [1.54, 1.807) is 11.0 Å². The fraction of sp³-hybridized carbons (Fsp3) is 0.211. The van der Waals surface area contributed by atoms with Crippen LogP contribution in [-0.2, 0) is 11.3 Å². The summed E-state index contributed by atoms with van der Waals surface area (Å²) in [5.74, 6) is 0.268. The van der Waals surface area contributed by atoms with E-state index in [2.05, 4.69) is 15.4 Å². The van der Waals surface area contributed by atoms with Gasteiger partial charge < -0.3 is 5.32 Å². The van der Waals surface area contributed by atoms with E-state index in [-0.39, 0.29) is 17.7 Å². The van der Waals surface area contributed by atoms with Gasteiger partial charge in [-0.2, -0.15) is 5.10 Å². The highest BCUT2D eigenvalue weighted by atomic mass is 35.5. The van der Waals surface area contributed by atoms with Crippen LogP contribution < -0.4 is 5.32 Å². The van der Waals surface area contributed by atoms with Crippen molar-refractivity contribution >= 4 is 23.2 Å². The van der Waals surface area contributed by atoms with Crippen molar-refractivity contribution in [1.29, 1.82) is 0 Å². The minimum Gasteiger partial charge on any atom is -0.326 e. The second-order valence-corrected chi connectivity index (χ2v) is 6.66. The van der Waals surface area contributed by atoms with Crippen LogP contribution in [0.25, 0.3) is 0 Å². The fourth-order valence-electron chi connectivity index (χ4n) is 3.03. The largest absolute Gasteiger partial charge is 0.326 e. The lowest BCUT2D eigenvalue weighted by Gasteiger charge is -2.07. The Morgan fingerprint density at radius 1 is 1.20 bits per heavy atom. The Morgan fingerprint density at radius 2 is 2.00 bits per heavy atom. The molecule has 2 unspecified atom stereocenters. The molecule has 1 fully saturated rings. The molecule has 0 saturated heterocycles. The van der Waals surface area contributed by atoms with Crippen LogP contribution in [0.15, 0.2) is 61.2 Å². The van der Waals surface area contributed by atoms with Crippen molar-refractivity contribution in [1.82, 2.24) is 14.8 Å². The molecule has 126 valence electrons. The van der Waals surface area contributed by atoms with Crippen molar-refractivity contribution < 1.29 is 4.79 Å². The zero-order valence-electron chi connectivity index (χ0n) is 13.5. The maximum Gasteiger partial charge on any atom is 0.228 e. The maximum atomic E-state index is 12.4. The molecule has 1 aliphatic carbocycles. The summed E-state index contributed by atoms with van der Waals surface area (Å²) >= 11 is 6.22. The van der Waals surface area contributed by atoms with Gasteiger partial charge in [-0.25, -0.2) is 9.67 Å². The SMILES string of the molecule is O=C(Nc1ccc(Cn2cncn2)cc1)C1CC1c1ccccc1Cl. The Kier molecular flexibility index (Phi) is 4.24. The van der Waals surface area contributed by atoms with E-state index in [1.165, 1.54) is 6.33 Å². The summed E-state index contributed by atoms with van der Waals surface area (Å²) in [6, 6.07) is 15.5. The summed E-state index contributed by atoms with van der Waals surface area (Å²) in [7, 11) is 0. The summed E-state index contributed by atoms with van der Waals surface area (Å²) in [4.78, 5) is 16.4. The molecule has 25 heavy (non-hydrogen) atoms. The van der Waals surface area contributed by atoms with Gasteiger partial charge >= 0.3 is 0 Å². The van der Waals surface area contributed by atoms with Crippen molar-refractivity contribution in [2.75, 3.05) is 5.32 Å². The topological polar surface area (TPSA) is 59.8 Å². The number of hydrogen-bond donors (Lipinski definition) is 1. The number of nitrogens with one attached hydrogen (secondary N) is 1. The van der Waals surface area contributed by atoms with Crippen LogP contribution in [0.3, 0.4) is 0 Å². The van der Waals surface area contributed by atoms with Crippen molar-refractivity contribution in [2.45, 2.75) is 18.9 Å². The van der Waals surface area contributed by atoms with Gasteiger partial charge in [-0.3, -0.25) is 4.79 Å². The molecule has 4 rings (SSSR count). The zero-order valence-corrected chi connectivity index (χ0v) is 14.2. The van der Waals surface area contributed by atoms with E-state index in [1.807, 2.05) is 48.5 Å². The summed E-state index contributed by atoms with van der Waals surface area (Å²) in [5, 5.41) is 7.81. The number of carbonyl (C=O) groups is 1. The standard InChI is InChI=1S/C19H17ClN4O/c20-18-4-2-1-3-15(18)16-9-17(16)19(25)23-14-7-5-13(6-8-14)10-24-12-21-11-22-24/h1-8,11-12,16-17H,9-10H2,(H,23,25). The van der Waals surface area contributed by atoms with E-state index in [0.717, 1.165) is 28.3 Å². The first kappa shape index (κ1) is 15.8. The Balaban J connectivity index is 1.36. The first-order valence-corrected chi connectivity index (χ1v) is 8.55. The Labute approximate surface area is 150 Å². The number of nitrogens with zero attached hydrogens (tertiary/aromatic N) is 3. The molecule has 1 amide bonds. The van der Waals surface area contributed by atoms with Gasteiger partial charge in [-0.1, -0.05) is 41.9 Å². The summed E-state index contributed by atoms with van der Waals surface area (Å²) in [6.45, 7) is 0.658. The monoisotopic (exact) mass is 352 g/mol. The smallest absolute Gasteiger partial charge is 0.228 e. The molecule has 2 aromatic carbocycles. The summed E-state index contributed by atoms with van der Waals surface area (Å²) < 4.78 is 1.76. The number of benzene rings is 2. The molecular weight excluding hydrogens is 336 g/mol. The molecule has 2 atom stereocenters. The maximum absolute atomic E-state index is 12.4. The number of amides is 1. The molecule has 0 bridgehead atoms. The van der Waals surface area contributed by atoms with Gasteiger partial charge in [-0.15, -0.1) is 0 Å². The van der Waals surface area contributed by atoms with Gasteiger partial charge in [0.2, 0.25) is 5.91 Å². The minimum absolute atomic E-state index is 0.00488. The van der Waals surface area contributed by atoms with E-state index in [0.29, 0.717) is 6.54 Å². The quantitative estimate of drug-likeness (QED) is 0.761. The number of rotatable bonds is 5. The molecule has 1 aromatic heterocycles. The third kappa shape index (κ3) is 3.56. The number of anilines is 1. The molecule has 1 saturated carbocycles. The molecule has 1 aliphatic rings. The van der Waals surface area contributed by atoms with E-state index < -0.39 is 0 Å². The van der Waals surface area contributed by atoms with E-state index in [9.17, 15) is 4.79 Å². The number of aromatic nitrogens is 3. The molecule has 5 nitrogen and oxygen atoms in total. The minimum atomic E-state index is -0.00488. The molecule has 6 heteroatoms. The lowest BCUT2D eigenvalue weighted by atomic mass is 10.1. The van der Waals surface area contributed by atoms with Crippen LogP contribution in [-0.4, -0.2) is 20.7 Å². The van der Waals surface area contributed by atoms with E-state index >= 15 is 0 Å². The van der Waals surface area contributed by atoms with Crippen LogP contribution in [0, 0.1) is 5.92 Å². The molecule has 1 heterocycles. The van der Waals surface area contributed by atoms with Crippen molar-refractivity contribution in [2.24, 2.45) is 5.92 Å². The van der Waals surface area contributed by atoms with Crippen molar-refractivity contribution in [3.8, 4) is 0 Å². The van der Waals surface area contributed by atoms with Crippen LogP contribution in [0.5, 0.6) is 0 Å². The van der Waals surface area contributed by atoms with E-state index in [4.69, 9.17) is 11.6 Å². The summed E-state index contributed by atoms with van der Waals surface area (Å²) in [6.07, 6.45) is 4.04. The Bertz CT molecular complexity index is 877. The third-order valence-corrected chi connectivity index (χ3v) is 4.81. The Hall–Kier alpha value is -2.66. The lowest BCUT2D eigenvalue weighted by molar-refractivity contribution is -0.117. The van der Waals surface area contributed by atoms with Crippen LogP contribution >= 0.6 is 11.6 Å². The van der Waals surface area contributed by atoms with Crippen molar-refractivity contribution in [3.05, 3.63) is 77.3 Å². The lowest BCUT2D eigenvalue weighted by Crippen LogP contribution is -2.14. The van der Waals surface area contributed by atoms with Crippen LogP contribution in [0.4, 0.5) is 5.69 Å². The highest BCUT2D eigenvalue weighted by Crippen LogP contribution is 2.49. The molecule has 0 aliphatic heterocycles. The van der Waals surface area contributed by atoms with Gasteiger partial charge in [-0.05, 0) is 41.7 Å². The van der Waals surface area contributed by atoms with Crippen molar-refractivity contribution in [3.63, 3.8) is 0 Å². The molecule has 0 spiro atoms. The van der Waals surface area contributed by atoms with Gasteiger partial charge in [0.1, 0.15) is 12.7 Å². The number of carbonyl (C=O) groups excluding carboxylic acids is 1. The molecule has 3 aromatic rings. The van der Waals surface area contributed by atoms with Gasteiger partial charge in [0.05, 0.1) is 6.54 Å². The second-order valence-electron chi connectivity index (χ2n) is 6.25. The predicted molar refractivity (Wildman–Crippen MR) is 96.5 cm³/mol. The highest BCUT2D eigenvalue weighted by Gasteiger charge is 2.44. The number of halogens is 1. The van der Waals surface area contributed by atoms with Gasteiger partial charge in [0, 0.05) is 16.6 Å². The van der Waals surface area contributed by atoms with Gasteiger partial charge in [0.25, 0.3) is 0 Å². The average molecular weight is 353 g/mol. The first-order chi connectivity index (χ1) is 12.2. The van der Waals surface area contributed by atoms with Crippen LogP contribution in [0.1, 0.15) is 23.5 Å². The van der Waals surface area contributed by atoms with Crippen LogP contribution in [0.2, 0.25) is 5.02 Å². The second kappa shape index (κ2) is 6.69. The molecular formula is C19H17ClN4O. The number of hydrogen-bond acceptors (Lipinski definition) is 3. The van der Waals surface area contributed by atoms with Gasteiger partial charge in [0.15, 0.2) is 0 Å². The fourth-order valence-corrected chi connectivity index (χ4v) is 3.31. The highest BCUT2D eigenvalue weighted by molar-refractivity contribution is 6.31. The Morgan fingerprint density at radius 3 is 2.72 bits per heavy atom. The molecule has 1 N–H and O–H groups in total. The molecule has 0 radical (unpaired) electrons.